The molecule has 1 fully saturated rings. The molecule has 66 valence electrons. The number of aliphatic hydroxyl groups excluding tert-OH is 1. The molecule has 1 aliphatic carbocycles. The summed E-state index contributed by atoms with van der Waals surface area (Å²) in [6, 6.07) is 0. The molecule has 0 aromatic carbocycles. The van der Waals surface area contributed by atoms with E-state index in [1.165, 1.54) is 12.8 Å². The molecule has 1 rings (SSSR count). The molecule has 1 aliphatic rings. The zero-order valence-electron chi connectivity index (χ0n) is 7.42. The van der Waals surface area contributed by atoms with Gasteiger partial charge in [0.25, 0.3) is 0 Å². The van der Waals surface area contributed by atoms with Crippen molar-refractivity contribution < 1.29 is 9.84 Å². The van der Waals surface area contributed by atoms with E-state index < -0.39 is 0 Å². The number of aliphatic hydroxyl groups is 1. The van der Waals surface area contributed by atoms with E-state index in [2.05, 4.69) is 6.92 Å². The Hall–Kier alpha value is -0.0800. The minimum atomic E-state index is -0.0786. The maximum Gasteiger partial charge on any atom is 0.0594 e. The van der Waals surface area contributed by atoms with Gasteiger partial charge in [0.05, 0.1) is 6.10 Å². The van der Waals surface area contributed by atoms with Crippen LogP contribution < -0.4 is 0 Å². The van der Waals surface area contributed by atoms with Gasteiger partial charge < -0.3 is 9.84 Å². The summed E-state index contributed by atoms with van der Waals surface area (Å²) in [5, 5.41) is 9.63. The van der Waals surface area contributed by atoms with Crippen LogP contribution in [0.4, 0.5) is 0 Å². The van der Waals surface area contributed by atoms with E-state index in [0.717, 1.165) is 13.0 Å². The van der Waals surface area contributed by atoms with E-state index in [0.29, 0.717) is 11.8 Å². The molecule has 2 atom stereocenters. The van der Waals surface area contributed by atoms with E-state index in [-0.39, 0.29) is 6.10 Å². The Kier molecular flexibility index (Phi) is 3.34. The van der Waals surface area contributed by atoms with Crippen LogP contribution in [-0.2, 0) is 4.74 Å². The lowest BCUT2D eigenvalue weighted by atomic mass is 9.98. The lowest BCUT2D eigenvalue weighted by Crippen LogP contribution is -2.20. The van der Waals surface area contributed by atoms with Crippen molar-refractivity contribution in [3.8, 4) is 0 Å². The highest BCUT2D eigenvalue weighted by Crippen LogP contribution is 2.36. The van der Waals surface area contributed by atoms with Gasteiger partial charge in [0, 0.05) is 13.7 Å². The van der Waals surface area contributed by atoms with Crippen molar-refractivity contribution in [2.75, 3.05) is 13.7 Å². The van der Waals surface area contributed by atoms with Crippen LogP contribution in [0.3, 0.4) is 0 Å². The summed E-state index contributed by atoms with van der Waals surface area (Å²) in [6.45, 7) is 2.87. The molecule has 0 spiro atoms. The van der Waals surface area contributed by atoms with E-state index in [9.17, 15) is 5.11 Å². The Morgan fingerprint density at radius 3 is 2.64 bits per heavy atom. The molecule has 0 aromatic heterocycles. The third-order valence-electron chi connectivity index (χ3n) is 2.47. The molecule has 0 saturated heterocycles. The number of ether oxygens (including phenoxy) is 1. The van der Waals surface area contributed by atoms with Gasteiger partial charge in [-0.05, 0) is 31.1 Å². The summed E-state index contributed by atoms with van der Waals surface area (Å²) >= 11 is 0. The summed E-state index contributed by atoms with van der Waals surface area (Å²) < 4.78 is 4.95. The molecule has 11 heavy (non-hydrogen) atoms. The van der Waals surface area contributed by atoms with Gasteiger partial charge >= 0.3 is 0 Å². The molecule has 2 heteroatoms. The first-order chi connectivity index (χ1) is 5.25. The molecule has 2 nitrogen and oxygen atoms in total. The first-order valence-electron chi connectivity index (χ1n) is 4.42. The fraction of sp³-hybridized carbons (Fsp3) is 1.00. The van der Waals surface area contributed by atoms with Gasteiger partial charge in [-0.25, -0.2) is 0 Å². The van der Waals surface area contributed by atoms with E-state index in [1.807, 2.05) is 0 Å². The molecule has 0 amide bonds. The van der Waals surface area contributed by atoms with Gasteiger partial charge in [0.15, 0.2) is 0 Å². The SMILES string of the molecule is COCCC(C)C(O)C1CC1. The van der Waals surface area contributed by atoms with Crippen molar-refractivity contribution in [2.45, 2.75) is 32.3 Å². The molecule has 1 saturated carbocycles. The van der Waals surface area contributed by atoms with Gasteiger partial charge in [-0.1, -0.05) is 6.92 Å². The standard InChI is InChI=1S/C9H18O2/c1-7(5-6-11-2)9(10)8-3-4-8/h7-10H,3-6H2,1-2H3. The third-order valence-corrected chi connectivity index (χ3v) is 2.47. The van der Waals surface area contributed by atoms with E-state index >= 15 is 0 Å². The Bertz CT molecular complexity index is 110. The summed E-state index contributed by atoms with van der Waals surface area (Å²) in [4.78, 5) is 0. The average molecular weight is 158 g/mol. The highest BCUT2D eigenvalue weighted by molar-refractivity contribution is 4.83. The van der Waals surface area contributed by atoms with Crippen LogP contribution in [0, 0.1) is 11.8 Å². The quantitative estimate of drug-likeness (QED) is 0.656. The molecule has 0 aliphatic heterocycles. The van der Waals surface area contributed by atoms with Crippen LogP contribution >= 0.6 is 0 Å². The monoisotopic (exact) mass is 158 g/mol. The van der Waals surface area contributed by atoms with Crippen molar-refractivity contribution in [3.63, 3.8) is 0 Å². The normalized spacial score (nSPS) is 23.2. The second kappa shape index (κ2) is 4.07. The molecular formula is C9H18O2. The lowest BCUT2D eigenvalue weighted by molar-refractivity contribution is 0.0721. The summed E-state index contributed by atoms with van der Waals surface area (Å²) in [5.41, 5.74) is 0. The zero-order valence-corrected chi connectivity index (χ0v) is 7.42. The maximum absolute atomic E-state index is 9.63. The first-order valence-corrected chi connectivity index (χ1v) is 4.42. The Morgan fingerprint density at radius 1 is 1.55 bits per heavy atom. The van der Waals surface area contributed by atoms with Crippen molar-refractivity contribution in [1.29, 1.82) is 0 Å². The molecule has 0 bridgehead atoms. The Morgan fingerprint density at radius 2 is 2.18 bits per heavy atom. The van der Waals surface area contributed by atoms with Gasteiger partial charge in [0.1, 0.15) is 0 Å². The second-order valence-electron chi connectivity index (χ2n) is 3.59. The second-order valence-corrected chi connectivity index (χ2v) is 3.59. The fourth-order valence-corrected chi connectivity index (χ4v) is 1.38. The Labute approximate surface area is 68.6 Å². The average Bonchev–Trinajstić information content (AvgIpc) is 2.81. The zero-order chi connectivity index (χ0) is 8.27. The van der Waals surface area contributed by atoms with Gasteiger partial charge in [-0.3, -0.25) is 0 Å². The largest absolute Gasteiger partial charge is 0.393 e. The minimum Gasteiger partial charge on any atom is -0.393 e. The minimum absolute atomic E-state index is 0.0786. The fourth-order valence-electron chi connectivity index (χ4n) is 1.38. The van der Waals surface area contributed by atoms with Crippen LogP contribution in [0.2, 0.25) is 0 Å². The van der Waals surface area contributed by atoms with E-state index in [1.54, 1.807) is 7.11 Å². The highest BCUT2D eigenvalue weighted by Gasteiger charge is 2.32. The smallest absolute Gasteiger partial charge is 0.0594 e. The van der Waals surface area contributed by atoms with Crippen molar-refractivity contribution in [1.82, 2.24) is 0 Å². The lowest BCUT2D eigenvalue weighted by Gasteiger charge is -2.17. The maximum atomic E-state index is 9.63. The predicted octanol–water partition coefficient (Wildman–Crippen LogP) is 1.43. The molecule has 0 heterocycles. The van der Waals surface area contributed by atoms with Crippen LogP contribution in [0.1, 0.15) is 26.2 Å². The number of hydrogen-bond donors (Lipinski definition) is 1. The molecule has 0 radical (unpaired) electrons. The van der Waals surface area contributed by atoms with Crippen molar-refractivity contribution in [3.05, 3.63) is 0 Å². The topological polar surface area (TPSA) is 29.5 Å². The molecular weight excluding hydrogens is 140 g/mol. The molecule has 0 aromatic rings. The van der Waals surface area contributed by atoms with Crippen molar-refractivity contribution >= 4 is 0 Å². The first kappa shape index (κ1) is 9.01. The van der Waals surface area contributed by atoms with Crippen LogP contribution in [0.5, 0.6) is 0 Å². The third kappa shape index (κ3) is 2.80. The number of rotatable bonds is 5. The van der Waals surface area contributed by atoms with Crippen LogP contribution in [-0.4, -0.2) is 24.9 Å². The van der Waals surface area contributed by atoms with Gasteiger partial charge in [-0.15, -0.1) is 0 Å². The summed E-state index contributed by atoms with van der Waals surface area (Å²) in [7, 11) is 1.70. The summed E-state index contributed by atoms with van der Waals surface area (Å²) in [6.07, 6.45) is 3.34. The number of methoxy groups -OCH3 is 1. The van der Waals surface area contributed by atoms with Crippen molar-refractivity contribution in [2.24, 2.45) is 11.8 Å². The van der Waals surface area contributed by atoms with Gasteiger partial charge in [-0.2, -0.15) is 0 Å². The highest BCUT2D eigenvalue weighted by atomic mass is 16.5. The predicted molar refractivity (Wildman–Crippen MR) is 44.4 cm³/mol. The van der Waals surface area contributed by atoms with Crippen LogP contribution in [0.25, 0.3) is 0 Å². The number of hydrogen-bond acceptors (Lipinski definition) is 2. The Balaban J connectivity index is 2.11. The molecule has 1 N–H and O–H groups in total. The molecule has 2 unspecified atom stereocenters. The van der Waals surface area contributed by atoms with Crippen LogP contribution in [0.15, 0.2) is 0 Å². The van der Waals surface area contributed by atoms with E-state index in [4.69, 9.17) is 4.74 Å². The summed E-state index contributed by atoms with van der Waals surface area (Å²) in [5.74, 6) is 1.00. The van der Waals surface area contributed by atoms with Gasteiger partial charge in [0.2, 0.25) is 0 Å².